The molecule has 0 aromatic carbocycles. The number of rotatable bonds is 6. The largest absolute Gasteiger partial charge is 0.549 e. The number of alkyl halides is 1. The first-order valence-electron chi connectivity index (χ1n) is 4.30. The standard InChI is InChI=1S/C10H17BrOSi/c1-4-5-6-7-9-12-13(2,3)10-8-11/h4-7,9H,1,8,10H2,2-3H3/b6-5+,9-7+. The molecule has 13 heavy (non-hydrogen) atoms. The molecule has 0 amide bonds. The molecule has 3 heteroatoms. The number of hydrogen-bond donors (Lipinski definition) is 0. The molecular formula is C10H17BrOSi. The normalized spacial score (nSPS) is 12.5. The van der Waals surface area contributed by atoms with Gasteiger partial charge in [0.05, 0.1) is 6.26 Å². The minimum absolute atomic E-state index is 1.02. The molecule has 0 rings (SSSR count). The lowest BCUT2D eigenvalue weighted by Crippen LogP contribution is -2.27. The third-order valence-corrected chi connectivity index (χ3v) is 4.88. The monoisotopic (exact) mass is 260 g/mol. The zero-order chi connectivity index (χ0) is 10.2. The molecule has 0 aromatic heterocycles. The van der Waals surface area contributed by atoms with Gasteiger partial charge in [0.25, 0.3) is 0 Å². The minimum Gasteiger partial charge on any atom is -0.549 e. The predicted molar refractivity (Wildman–Crippen MR) is 65.6 cm³/mol. The van der Waals surface area contributed by atoms with Gasteiger partial charge in [-0.05, 0) is 25.2 Å². The molecule has 0 radical (unpaired) electrons. The highest BCUT2D eigenvalue weighted by molar-refractivity contribution is 9.09. The SMILES string of the molecule is C=C/C=C/C=C/O[Si](C)(C)CCBr. The smallest absolute Gasteiger partial charge is 0.245 e. The Hall–Kier alpha value is -0.283. The average molecular weight is 261 g/mol. The van der Waals surface area contributed by atoms with Crippen molar-refractivity contribution in [2.45, 2.75) is 19.1 Å². The molecule has 0 aliphatic carbocycles. The molecule has 0 fully saturated rings. The summed E-state index contributed by atoms with van der Waals surface area (Å²) >= 11 is 3.42. The Morgan fingerprint density at radius 2 is 2.00 bits per heavy atom. The van der Waals surface area contributed by atoms with E-state index < -0.39 is 8.32 Å². The van der Waals surface area contributed by atoms with Crippen LogP contribution in [0.4, 0.5) is 0 Å². The van der Waals surface area contributed by atoms with Crippen LogP contribution in [-0.4, -0.2) is 13.6 Å². The van der Waals surface area contributed by atoms with Gasteiger partial charge in [-0.1, -0.05) is 40.7 Å². The summed E-state index contributed by atoms with van der Waals surface area (Å²) in [5.74, 6) is 0. The van der Waals surface area contributed by atoms with Gasteiger partial charge in [0.1, 0.15) is 0 Å². The van der Waals surface area contributed by atoms with Crippen molar-refractivity contribution >= 4 is 24.2 Å². The molecule has 0 N–H and O–H groups in total. The maximum Gasteiger partial charge on any atom is 0.245 e. The van der Waals surface area contributed by atoms with Crippen molar-refractivity contribution in [1.82, 2.24) is 0 Å². The summed E-state index contributed by atoms with van der Waals surface area (Å²) in [5.41, 5.74) is 0. The van der Waals surface area contributed by atoms with Crippen LogP contribution in [0.25, 0.3) is 0 Å². The van der Waals surface area contributed by atoms with Crippen molar-refractivity contribution in [3.05, 3.63) is 37.1 Å². The Kier molecular flexibility index (Phi) is 7.00. The molecule has 0 unspecified atom stereocenters. The Labute approximate surface area is 90.4 Å². The molecule has 0 atom stereocenters. The van der Waals surface area contributed by atoms with Crippen molar-refractivity contribution in [1.29, 1.82) is 0 Å². The van der Waals surface area contributed by atoms with Crippen LogP contribution in [0.2, 0.25) is 19.1 Å². The Morgan fingerprint density at radius 1 is 1.31 bits per heavy atom. The third-order valence-electron chi connectivity index (χ3n) is 1.52. The summed E-state index contributed by atoms with van der Waals surface area (Å²) in [5, 5.41) is 1.02. The second kappa shape index (κ2) is 7.15. The minimum atomic E-state index is -1.46. The number of allylic oxidation sites excluding steroid dienone is 4. The lowest BCUT2D eigenvalue weighted by atomic mass is 10.5. The van der Waals surface area contributed by atoms with Crippen molar-refractivity contribution < 1.29 is 4.43 Å². The van der Waals surface area contributed by atoms with E-state index in [1.54, 1.807) is 12.3 Å². The van der Waals surface area contributed by atoms with Gasteiger partial charge in [-0.2, -0.15) is 0 Å². The van der Waals surface area contributed by atoms with E-state index in [2.05, 4.69) is 35.6 Å². The average Bonchev–Trinajstić information content (AvgIpc) is 2.04. The first-order chi connectivity index (χ1) is 6.12. The van der Waals surface area contributed by atoms with E-state index in [1.807, 2.05) is 18.2 Å². The van der Waals surface area contributed by atoms with Crippen LogP contribution in [0.5, 0.6) is 0 Å². The van der Waals surface area contributed by atoms with Gasteiger partial charge in [-0.25, -0.2) is 0 Å². The highest BCUT2D eigenvalue weighted by atomic mass is 79.9. The van der Waals surface area contributed by atoms with Gasteiger partial charge in [0.2, 0.25) is 8.32 Å². The van der Waals surface area contributed by atoms with Gasteiger partial charge >= 0.3 is 0 Å². The summed E-state index contributed by atoms with van der Waals surface area (Å²) in [6, 6.07) is 1.13. The highest BCUT2D eigenvalue weighted by Crippen LogP contribution is 2.12. The number of hydrogen-bond acceptors (Lipinski definition) is 1. The first-order valence-corrected chi connectivity index (χ1v) is 8.54. The number of halogens is 1. The highest BCUT2D eigenvalue weighted by Gasteiger charge is 2.20. The molecule has 0 aromatic rings. The Balaban J connectivity index is 3.78. The lowest BCUT2D eigenvalue weighted by molar-refractivity contribution is 0.473. The van der Waals surface area contributed by atoms with E-state index in [0.717, 1.165) is 11.4 Å². The summed E-state index contributed by atoms with van der Waals surface area (Å²) in [7, 11) is -1.46. The summed E-state index contributed by atoms with van der Waals surface area (Å²) in [4.78, 5) is 0. The van der Waals surface area contributed by atoms with E-state index in [4.69, 9.17) is 4.43 Å². The predicted octanol–water partition coefficient (Wildman–Crippen LogP) is 3.86. The van der Waals surface area contributed by atoms with Gasteiger partial charge in [0.15, 0.2) is 0 Å². The van der Waals surface area contributed by atoms with Crippen LogP contribution in [0.1, 0.15) is 0 Å². The molecule has 0 heterocycles. The van der Waals surface area contributed by atoms with E-state index >= 15 is 0 Å². The van der Waals surface area contributed by atoms with Gasteiger partial charge < -0.3 is 4.43 Å². The zero-order valence-electron chi connectivity index (χ0n) is 8.29. The zero-order valence-corrected chi connectivity index (χ0v) is 10.9. The molecule has 74 valence electrons. The van der Waals surface area contributed by atoms with Crippen molar-refractivity contribution in [2.75, 3.05) is 5.33 Å². The molecule has 0 aliphatic heterocycles. The van der Waals surface area contributed by atoms with Crippen LogP contribution in [0.15, 0.2) is 37.1 Å². The second-order valence-electron chi connectivity index (χ2n) is 3.27. The van der Waals surface area contributed by atoms with Crippen molar-refractivity contribution in [2.24, 2.45) is 0 Å². The van der Waals surface area contributed by atoms with Crippen molar-refractivity contribution in [3.8, 4) is 0 Å². The summed E-state index contributed by atoms with van der Waals surface area (Å²) in [6.07, 6.45) is 9.19. The van der Waals surface area contributed by atoms with Gasteiger partial charge in [-0.3, -0.25) is 0 Å². The summed E-state index contributed by atoms with van der Waals surface area (Å²) < 4.78 is 5.66. The molecule has 0 aliphatic rings. The molecule has 1 nitrogen and oxygen atoms in total. The fraction of sp³-hybridized carbons (Fsp3) is 0.400. The van der Waals surface area contributed by atoms with E-state index in [-0.39, 0.29) is 0 Å². The van der Waals surface area contributed by atoms with Crippen molar-refractivity contribution in [3.63, 3.8) is 0 Å². The fourth-order valence-corrected chi connectivity index (χ4v) is 4.58. The fourth-order valence-electron chi connectivity index (χ4n) is 0.698. The van der Waals surface area contributed by atoms with E-state index in [9.17, 15) is 0 Å². The topological polar surface area (TPSA) is 9.23 Å². The van der Waals surface area contributed by atoms with Crippen LogP contribution >= 0.6 is 15.9 Å². The quantitative estimate of drug-likeness (QED) is 0.305. The maximum absolute atomic E-state index is 5.66. The van der Waals surface area contributed by atoms with E-state index in [0.29, 0.717) is 0 Å². The van der Waals surface area contributed by atoms with Crippen LogP contribution < -0.4 is 0 Å². The Morgan fingerprint density at radius 3 is 2.54 bits per heavy atom. The first kappa shape index (κ1) is 12.7. The van der Waals surface area contributed by atoms with Gasteiger partial charge in [0, 0.05) is 5.33 Å². The van der Waals surface area contributed by atoms with Crippen LogP contribution in [0, 0.1) is 0 Å². The van der Waals surface area contributed by atoms with Crippen LogP contribution in [-0.2, 0) is 4.43 Å². The molecule has 0 bridgehead atoms. The molecular weight excluding hydrogens is 244 g/mol. The summed E-state index contributed by atoms with van der Waals surface area (Å²) in [6.45, 7) is 7.99. The third kappa shape index (κ3) is 8.06. The Bertz CT molecular complexity index is 197. The van der Waals surface area contributed by atoms with Gasteiger partial charge in [-0.15, -0.1) is 0 Å². The second-order valence-corrected chi connectivity index (χ2v) is 8.31. The van der Waals surface area contributed by atoms with Crippen LogP contribution in [0.3, 0.4) is 0 Å². The lowest BCUT2D eigenvalue weighted by Gasteiger charge is -2.19. The molecule has 0 spiro atoms. The molecule has 0 saturated carbocycles. The molecule has 0 saturated heterocycles. The van der Waals surface area contributed by atoms with E-state index in [1.165, 1.54) is 0 Å². The maximum atomic E-state index is 5.66.